The van der Waals surface area contributed by atoms with Crippen molar-refractivity contribution >= 4 is 46.9 Å². The van der Waals surface area contributed by atoms with Gasteiger partial charge in [-0.15, -0.1) is 0 Å². The number of thioether (sulfide) groups is 1. The van der Waals surface area contributed by atoms with Crippen molar-refractivity contribution in [3.8, 4) is 0 Å². The van der Waals surface area contributed by atoms with Crippen molar-refractivity contribution in [2.75, 3.05) is 31.6 Å². The van der Waals surface area contributed by atoms with E-state index in [0.29, 0.717) is 34.0 Å². The summed E-state index contributed by atoms with van der Waals surface area (Å²) in [6, 6.07) is 23.9. The van der Waals surface area contributed by atoms with Gasteiger partial charge in [-0.1, -0.05) is 71.9 Å². The number of amides is 2. The summed E-state index contributed by atoms with van der Waals surface area (Å²) in [5, 5.41) is 3.72. The Morgan fingerprint density at radius 1 is 1.14 bits per heavy atom. The molecule has 0 bridgehead atoms. The maximum atomic E-state index is 13.1. The Morgan fingerprint density at radius 2 is 1.89 bits per heavy atom. The van der Waals surface area contributed by atoms with E-state index in [0.717, 1.165) is 35.7 Å². The van der Waals surface area contributed by atoms with Gasteiger partial charge in [-0.2, -0.15) is 0 Å². The molecule has 1 fully saturated rings. The van der Waals surface area contributed by atoms with Crippen LogP contribution in [0.5, 0.6) is 0 Å². The molecular formula is C30H30ClN3O2S. The van der Waals surface area contributed by atoms with Gasteiger partial charge in [-0.05, 0) is 67.3 Å². The van der Waals surface area contributed by atoms with E-state index < -0.39 is 0 Å². The van der Waals surface area contributed by atoms with Crippen LogP contribution in [-0.2, 0) is 4.79 Å². The summed E-state index contributed by atoms with van der Waals surface area (Å²) in [6.45, 7) is 4.88. The van der Waals surface area contributed by atoms with E-state index in [4.69, 9.17) is 11.6 Å². The highest BCUT2D eigenvalue weighted by Crippen LogP contribution is 2.42. The minimum Gasteiger partial charge on any atom is -0.352 e. The zero-order valence-electron chi connectivity index (χ0n) is 21.0. The molecule has 2 amide bonds. The number of carbonyl (C=O) groups excluding carboxylic acids is 2. The molecule has 3 aromatic rings. The van der Waals surface area contributed by atoms with E-state index in [1.807, 2.05) is 42.5 Å². The first kappa shape index (κ1) is 25.6. The molecule has 5 rings (SSSR count). The van der Waals surface area contributed by atoms with Crippen LogP contribution < -0.4 is 10.2 Å². The number of hydrogen-bond donors (Lipinski definition) is 1. The third kappa shape index (κ3) is 5.61. The predicted molar refractivity (Wildman–Crippen MR) is 152 cm³/mol. The molecule has 2 aliphatic rings. The largest absolute Gasteiger partial charge is 0.352 e. The minimum atomic E-state index is -0.117. The Morgan fingerprint density at radius 3 is 2.68 bits per heavy atom. The molecule has 3 aromatic carbocycles. The van der Waals surface area contributed by atoms with Gasteiger partial charge in [0, 0.05) is 41.7 Å². The normalized spacial score (nSPS) is 19.6. The van der Waals surface area contributed by atoms with Gasteiger partial charge in [-0.3, -0.25) is 14.5 Å². The lowest BCUT2D eigenvalue weighted by Gasteiger charge is -2.27. The molecule has 37 heavy (non-hydrogen) atoms. The maximum absolute atomic E-state index is 13.1. The van der Waals surface area contributed by atoms with Crippen LogP contribution in [0.2, 0.25) is 5.02 Å². The van der Waals surface area contributed by atoms with Crippen LogP contribution in [-0.4, -0.2) is 43.4 Å². The van der Waals surface area contributed by atoms with E-state index in [9.17, 15) is 9.59 Å². The van der Waals surface area contributed by atoms with Crippen LogP contribution >= 0.6 is 23.4 Å². The SMILES string of the molecule is C[C@@H](c1ccccc1)N1CC[C@H](CNC(=O)c2ccc3c(c2)N(C)C(=O)/C(=C\c2ccccc2Cl)S3)C1. The summed E-state index contributed by atoms with van der Waals surface area (Å²) in [6.07, 6.45) is 2.88. The molecule has 0 aliphatic carbocycles. The topological polar surface area (TPSA) is 52.7 Å². The van der Waals surface area contributed by atoms with Crippen molar-refractivity contribution in [3.05, 3.63) is 99.4 Å². The lowest BCUT2D eigenvalue weighted by Crippen LogP contribution is -2.33. The number of rotatable bonds is 6. The van der Waals surface area contributed by atoms with Gasteiger partial charge < -0.3 is 10.2 Å². The zero-order chi connectivity index (χ0) is 25.9. The smallest absolute Gasteiger partial charge is 0.264 e. The van der Waals surface area contributed by atoms with Gasteiger partial charge in [0.05, 0.1) is 10.6 Å². The van der Waals surface area contributed by atoms with E-state index in [-0.39, 0.29) is 11.8 Å². The highest BCUT2D eigenvalue weighted by Gasteiger charge is 2.29. The molecule has 0 aromatic heterocycles. The van der Waals surface area contributed by atoms with Crippen LogP contribution in [0.1, 0.15) is 40.9 Å². The molecule has 1 N–H and O–H groups in total. The summed E-state index contributed by atoms with van der Waals surface area (Å²) < 4.78 is 0. The summed E-state index contributed by atoms with van der Waals surface area (Å²) in [7, 11) is 1.74. The van der Waals surface area contributed by atoms with Crippen molar-refractivity contribution in [2.45, 2.75) is 24.3 Å². The van der Waals surface area contributed by atoms with E-state index in [1.54, 1.807) is 24.1 Å². The Kier molecular flexibility index (Phi) is 7.70. The second kappa shape index (κ2) is 11.1. The fourth-order valence-corrected chi connectivity index (χ4v) is 6.20. The van der Waals surface area contributed by atoms with E-state index in [2.05, 4.69) is 41.4 Å². The van der Waals surface area contributed by atoms with Crippen molar-refractivity contribution < 1.29 is 9.59 Å². The number of halogens is 1. The number of hydrogen-bond acceptors (Lipinski definition) is 4. The lowest BCUT2D eigenvalue weighted by atomic mass is 10.1. The number of nitrogens with one attached hydrogen (secondary N) is 1. The fraction of sp³-hybridized carbons (Fsp3) is 0.267. The Balaban J connectivity index is 1.22. The van der Waals surface area contributed by atoms with Crippen molar-refractivity contribution in [1.82, 2.24) is 10.2 Å². The van der Waals surface area contributed by atoms with Crippen molar-refractivity contribution in [2.24, 2.45) is 5.92 Å². The number of fused-ring (bicyclic) bond motifs is 1. The number of likely N-dealkylation sites (tertiary alicyclic amines) is 1. The van der Waals surface area contributed by atoms with Gasteiger partial charge in [0.25, 0.3) is 11.8 Å². The molecular weight excluding hydrogens is 502 g/mol. The highest BCUT2D eigenvalue weighted by atomic mass is 35.5. The molecule has 2 aliphatic heterocycles. The first-order valence-electron chi connectivity index (χ1n) is 12.5. The van der Waals surface area contributed by atoms with Gasteiger partial charge in [-0.25, -0.2) is 0 Å². The summed E-state index contributed by atoms with van der Waals surface area (Å²) in [5.41, 5.74) is 3.42. The molecule has 1 saturated heterocycles. The minimum absolute atomic E-state index is 0.111. The van der Waals surface area contributed by atoms with Crippen LogP contribution in [0.15, 0.2) is 82.6 Å². The molecule has 2 atom stereocenters. The predicted octanol–water partition coefficient (Wildman–Crippen LogP) is 6.26. The average Bonchev–Trinajstić information content (AvgIpc) is 3.40. The van der Waals surface area contributed by atoms with Crippen LogP contribution in [0.25, 0.3) is 6.08 Å². The van der Waals surface area contributed by atoms with Gasteiger partial charge in [0.1, 0.15) is 0 Å². The molecule has 190 valence electrons. The zero-order valence-corrected chi connectivity index (χ0v) is 22.6. The van der Waals surface area contributed by atoms with Crippen LogP contribution in [0.3, 0.4) is 0 Å². The standard InChI is InChI=1S/C30H30ClN3O2S/c1-20(22-8-4-3-5-9-22)34-15-14-21(19-34)18-32-29(35)24-12-13-27-26(16-24)33(2)30(36)28(37-27)17-23-10-6-7-11-25(23)31/h3-13,16-17,20-21H,14-15,18-19H2,1-2H3,(H,32,35)/b28-17+/t20-,21+/m0/s1. The van der Waals surface area contributed by atoms with E-state index in [1.165, 1.54) is 17.3 Å². The van der Waals surface area contributed by atoms with Crippen molar-refractivity contribution in [1.29, 1.82) is 0 Å². The van der Waals surface area contributed by atoms with Crippen molar-refractivity contribution in [3.63, 3.8) is 0 Å². The maximum Gasteiger partial charge on any atom is 0.264 e. The summed E-state index contributed by atoms with van der Waals surface area (Å²) in [5.74, 6) is 0.194. The first-order valence-corrected chi connectivity index (χ1v) is 13.7. The second-order valence-electron chi connectivity index (χ2n) is 9.63. The molecule has 0 radical (unpaired) electrons. The second-order valence-corrected chi connectivity index (χ2v) is 11.1. The quantitative estimate of drug-likeness (QED) is 0.381. The first-order chi connectivity index (χ1) is 17.9. The Hall–Kier alpha value is -3.06. The monoisotopic (exact) mass is 531 g/mol. The number of nitrogens with zero attached hydrogens (tertiary/aromatic N) is 2. The number of anilines is 1. The van der Waals surface area contributed by atoms with Crippen LogP contribution in [0.4, 0.5) is 5.69 Å². The third-order valence-corrected chi connectivity index (χ3v) is 8.63. The average molecular weight is 532 g/mol. The van der Waals surface area contributed by atoms with Gasteiger partial charge in [0.15, 0.2) is 0 Å². The summed E-state index contributed by atoms with van der Waals surface area (Å²) in [4.78, 5) is 31.7. The molecule has 0 unspecified atom stereocenters. The molecule has 7 heteroatoms. The number of carbonyl (C=O) groups is 2. The Bertz CT molecular complexity index is 1340. The number of benzene rings is 3. The Labute approximate surface area is 227 Å². The highest BCUT2D eigenvalue weighted by molar-refractivity contribution is 8.04. The molecule has 0 saturated carbocycles. The lowest BCUT2D eigenvalue weighted by molar-refractivity contribution is -0.114. The van der Waals surface area contributed by atoms with Gasteiger partial charge >= 0.3 is 0 Å². The van der Waals surface area contributed by atoms with Crippen LogP contribution in [0, 0.1) is 5.92 Å². The van der Waals surface area contributed by atoms with E-state index >= 15 is 0 Å². The fourth-order valence-electron chi connectivity index (χ4n) is 4.93. The molecule has 0 spiro atoms. The molecule has 2 heterocycles. The summed E-state index contributed by atoms with van der Waals surface area (Å²) >= 11 is 7.69. The van der Waals surface area contributed by atoms with Gasteiger partial charge in [0.2, 0.25) is 0 Å². The number of likely N-dealkylation sites (N-methyl/N-ethyl adjacent to an activating group) is 1. The molecule has 5 nitrogen and oxygen atoms in total. The third-order valence-electron chi connectivity index (χ3n) is 7.21.